The van der Waals surface area contributed by atoms with Gasteiger partial charge in [-0.2, -0.15) is 0 Å². The van der Waals surface area contributed by atoms with Crippen molar-refractivity contribution < 1.29 is 14.3 Å². The number of rotatable bonds is 7. The van der Waals surface area contributed by atoms with Gasteiger partial charge in [-0.3, -0.25) is 0 Å². The third kappa shape index (κ3) is 4.63. The van der Waals surface area contributed by atoms with Crippen LogP contribution < -0.4 is 20.1 Å². The van der Waals surface area contributed by atoms with E-state index < -0.39 is 0 Å². The third-order valence-corrected chi connectivity index (χ3v) is 4.98. The van der Waals surface area contributed by atoms with Crippen molar-refractivity contribution in [1.29, 1.82) is 0 Å². The van der Waals surface area contributed by atoms with E-state index in [9.17, 15) is 4.79 Å². The molecule has 0 aliphatic heterocycles. The Morgan fingerprint density at radius 3 is 2.38 bits per heavy atom. The van der Waals surface area contributed by atoms with Crippen molar-refractivity contribution in [2.45, 2.75) is 6.04 Å². The highest BCUT2D eigenvalue weighted by atomic mass is 16.5. The molecule has 0 bridgehead atoms. The predicted molar refractivity (Wildman–Crippen MR) is 116 cm³/mol. The first-order valence-corrected chi connectivity index (χ1v) is 9.41. The number of hydrogen-bond donors (Lipinski definition) is 2. The molecule has 0 aliphatic rings. The molecular weight excluding hydrogens is 368 g/mol. The number of methoxy groups -OCH3 is 2. The Bertz CT molecular complexity index is 975. The first-order chi connectivity index (χ1) is 13.9. The summed E-state index contributed by atoms with van der Waals surface area (Å²) in [5, 5.41) is 7.01. The molecule has 0 fully saturated rings. The van der Waals surface area contributed by atoms with E-state index in [4.69, 9.17) is 9.47 Å². The van der Waals surface area contributed by atoms with Crippen LogP contribution in [0.3, 0.4) is 0 Å². The van der Waals surface area contributed by atoms with Gasteiger partial charge in [-0.15, -0.1) is 0 Å². The maximum atomic E-state index is 12.5. The van der Waals surface area contributed by atoms with Gasteiger partial charge in [-0.25, -0.2) is 4.79 Å². The number of benzene rings is 2. The van der Waals surface area contributed by atoms with Crippen LogP contribution in [0.2, 0.25) is 0 Å². The number of amides is 2. The van der Waals surface area contributed by atoms with Crippen LogP contribution >= 0.6 is 0 Å². The fourth-order valence-electron chi connectivity index (χ4n) is 3.45. The smallest absolute Gasteiger partial charge is 0.319 e. The summed E-state index contributed by atoms with van der Waals surface area (Å²) >= 11 is 0. The number of ether oxygens (including phenoxy) is 2. The average Bonchev–Trinajstić information content (AvgIpc) is 3.04. The summed E-state index contributed by atoms with van der Waals surface area (Å²) in [6.07, 6.45) is 2.13. The second kappa shape index (κ2) is 8.87. The lowest BCUT2D eigenvalue weighted by Gasteiger charge is -2.24. The van der Waals surface area contributed by atoms with Crippen molar-refractivity contribution in [2.75, 3.05) is 40.2 Å². The lowest BCUT2D eigenvalue weighted by molar-refractivity contribution is 0.243. The lowest BCUT2D eigenvalue weighted by atomic mass is 10.0. The summed E-state index contributed by atoms with van der Waals surface area (Å²) < 4.78 is 12.6. The van der Waals surface area contributed by atoms with E-state index in [-0.39, 0.29) is 12.1 Å². The Morgan fingerprint density at radius 1 is 1.10 bits per heavy atom. The molecule has 7 nitrogen and oxygen atoms in total. The van der Waals surface area contributed by atoms with Gasteiger partial charge < -0.3 is 29.6 Å². The van der Waals surface area contributed by atoms with Gasteiger partial charge in [0.25, 0.3) is 0 Å². The second-order valence-electron chi connectivity index (χ2n) is 7.13. The third-order valence-electron chi connectivity index (χ3n) is 4.98. The van der Waals surface area contributed by atoms with Gasteiger partial charge >= 0.3 is 6.03 Å². The summed E-state index contributed by atoms with van der Waals surface area (Å²) in [4.78, 5) is 14.6. The molecule has 29 heavy (non-hydrogen) atoms. The van der Waals surface area contributed by atoms with E-state index >= 15 is 0 Å². The quantitative estimate of drug-likeness (QED) is 0.640. The molecule has 3 rings (SSSR count). The molecule has 1 atom stereocenters. The molecule has 0 spiro atoms. The molecule has 7 heteroatoms. The van der Waals surface area contributed by atoms with Gasteiger partial charge in [0.1, 0.15) is 11.5 Å². The molecule has 1 heterocycles. The first-order valence-electron chi connectivity index (χ1n) is 9.41. The lowest BCUT2D eigenvalue weighted by Crippen LogP contribution is -2.36. The van der Waals surface area contributed by atoms with Crippen molar-refractivity contribution in [3.8, 4) is 11.5 Å². The molecule has 2 N–H and O–H groups in total. The van der Waals surface area contributed by atoms with Crippen molar-refractivity contribution in [3.63, 3.8) is 0 Å². The molecule has 0 saturated heterocycles. The minimum Gasteiger partial charge on any atom is -0.497 e. The van der Waals surface area contributed by atoms with E-state index in [1.54, 1.807) is 32.4 Å². The number of nitrogens with zero attached hydrogens (tertiary/aromatic N) is 2. The number of aromatic nitrogens is 1. The molecule has 3 aromatic rings. The number of likely N-dealkylation sites (N-methyl/N-ethyl adjacent to an activating group) is 1. The predicted octanol–water partition coefficient (Wildman–Crippen LogP) is 3.62. The zero-order valence-corrected chi connectivity index (χ0v) is 17.5. The number of fused-ring (bicyclic) bond motifs is 1. The van der Waals surface area contributed by atoms with Crippen LogP contribution in [0, 0.1) is 0 Å². The number of urea groups is 1. The number of anilines is 1. The minimum atomic E-state index is -0.285. The second-order valence-corrected chi connectivity index (χ2v) is 7.13. The molecule has 0 saturated carbocycles. The van der Waals surface area contributed by atoms with Gasteiger partial charge in [0.2, 0.25) is 0 Å². The van der Waals surface area contributed by atoms with Gasteiger partial charge in [-0.05, 0) is 25.7 Å². The van der Waals surface area contributed by atoms with Crippen LogP contribution in [0.1, 0.15) is 11.6 Å². The van der Waals surface area contributed by atoms with Crippen LogP contribution in [0.25, 0.3) is 10.9 Å². The molecule has 0 radical (unpaired) electrons. The van der Waals surface area contributed by atoms with Gasteiger partial charge in [-0.1, -0.05) is 18.2 Å². The Hall–Kier alpha value is -3.19. The van der Waals surface area contributed by atoms with Crippen LogP contribution in [0.15, 0.2) is 48.7 Å². The van der Waals surface area contributed by atoms with Crippen molar-refractivity contribution >= 4 is 22.6 Å². The van der Waals surface area contributed by atoms with Crippen molar-refractivity contribution in [3.05, 3.63) is 54.2 Å². The van der Waals surface area contributed by atoms with E-state index in [0.29, 0.717) is 23.7 Å². The van der Waals surface area contributed by atoms with Crippen LogP contribution in [0.5, 0.6) is 11.5 Å². The Labute approximate surface area is 171 Å². The summed E-state index contributed by atoms with van der Waals surface area (Å²) in [7, 11) is 9.21. The molecule has 2 amide bonds. The fraction of sp³-hybridized carbons (Fsp3) is 0.318. The van der Waals surface area contributed by atoms with Crippen LogP contribution in [0.4, 0.5) is 10.5 Å². The molecule has 1 aromatic heterocycles. The number of hydrogen-bond acceptors (Lipinski definition) is 4. The Kier molecular flexibility index (Phi) is 6.29. The molecule has 2 aromatic carbocycles. The SMILES string of the molecule is COc1cc(NC(=O)NCC(c2cn(C)c3ccccc23)N(C)C)cc(OC)c1. The molecular formula is C22H28N4O3. The fourth-order valence-corrected chi connectivity index (χ4v) is 3.45. The monoisotopic (exact) mass is 396 g/mol. The molecule has 1 unspecified atom stereocenters. The van der Waals surface area contributed by atoms with E-state index in [2.05, 4.69) is 38.4 Å². The largest absolute Gasteiger partial charge is 0.497 e. The summed E-state index contributed by atoms with van der Waals surface area (Å²) in [6, 6.07) is 13.3. The average molecular weight is 396 g/mol. The topological polar surface area (TPSA) is 67.8 Å². The standard InChI is InChI=1S/C22H28N4O3/c1-25(2)21(19-14-26(3)20-9-7-6-8-18(19)20)13-23-22(27)24-15-10-16(28-4)12-17(11-15)29-5/h6-12,14,21H,13H2,1-5H3,(H2,23,24,27). The van der Waals surface area contributed by atoms with Crippen molar-refractivity contribution in [1.82, 2.24) is 14.8 Å². The van der Waals surface area contributed by atoms with Crippen LogP contribution in [-0.2, 0) is 7.05 Å². The summed E-state index contributed by atoms with van der Waals surface area (Å²) in [6.45, 7) is 0.466. The number of aryl methyl sites for hydroxylation is 1. The number of carbonyl (C=O) groups excluding carboxylic acids is 1. The van der Waals surface area contributed by atoms with Gasteiger partial charge in [0.15, 0.2) is 0 Å². The number of nitrogens with one attached hydrogen (secondary N) is 2. The maximum absolute atomic E-state index is 12.5. The maximum Gasteiger partial charge on any atom is 0.319 e. The summed E-state index contributed by atoms with van der Waals surface area (Å²) in [5.74, 6) is 1.23. The Balaban J connectivity index is 1.73. The highest BCUT2D eigenvalue weighted by Crippen LogP contribution is 2.28. The molecule has 154 valence electrons. The number of para-hydroxylation sites is 1. The van der Waals surface area contributed by atoms with E-state index in [1.165, 1.54) is 16.5 Å². The minimum absolute atomic E-state index is 0.0340. The van der Waals surface area contributed by atoms with Crippen LogP contribution in [-0.4, -0.2) is 50.4 Å². The normalized spacial score (nSPS) is 12.1. The Morgan fingerprint density at radius 2 is 1.76 bits per heavy atom. The zero-order valence-electron chi connectivity index (χ0n) is 17.5. The van der Waals surface area contributed by atoms with Crippen molar-refractivity contribution in [2.24, 2.45) is 7.05 Å². The van der Waals surface area contributed by atoms with Gasteiger partial charge in [0.05, 0.1) is 20.3 Å². The van der Waals surface area contributed by atoms with Gasteiger partial charge in [0, 0.05) is 54.6 Å². The summed E-state index contributed by atoms with van der Waals surface area (Å²) in [5.41, 5.74) is 2.95. The zero-order chi connectivity index (χ0) is 21.0. The molecule has 0 aliphatic carbocycles. The van der Waals surface area contributed by atoms with E-state index in [0.717, 1.165) is 0 Å². The highest BCUT2D eigenvalue weighted by Gasteiger charge is 2.20. The van der Waals surface area contributed by atoms with E-state index in [1.807, 2.05) is 33.3 Å². The highest BCUT2D eigenvalue weighted by molar-refractivity contribution is 5.90. The first kappa shape index (κ1) is 20.5. The number of carbonyl (C=O) groups is 1.